The molecule has 0 saturated carbocycles. The molecule has 76 valence electrons. The fourth-order valence-electron chi connectivity index (χ4n) is 1.60. The molecule has 0 atom stereocenters. The number of hydrogen-bond donors (Lipinski definition) is 0. The molecule has 2 heteroatoms. The summed E-state index contributed by atoms with van der Waals surface area (Å²) in [6.45, 7) is 6.03. The van der Waals surface area contributed by atoms with Gasteiger partial charge in [0.2, 0.25) is 0 Å². The van der Waals surface area contributed by atoms with Gasteiger partial charge in [0.1, 0.15) is 5.69 Å². The molecule has 0 spiro atoms. The molecule has 0 aliphatic carbocycles. The molecule has 0 aromatic carbocycles. The minimum absolute atomic E-state index is 0.128. The van der Waals surface area contributed by atoms with Crippen LogP contribution in [0.4, 0.5) is 0 Å². The van der Waals surface area contributed by atoms with Crippen molar-refractivity contribution < 1.29 is 4.79 Å². The topological polar surface area (TPSA) is 30.0 Å². The molecule has 0 amide bonds. The lowest BCUT2D eigenvalue weighted by atomic mass is 9.94. The summed E-state index contributed by atoms with van der Waals surface area (Å²) in [7, 11) is 0. The molecule has 0 fully saturated rings. The third-order valence-electron chi connectivity index (χ3n) is 2.60. The van der Waals surface area contributed by atoms with Crippen LogP contribution in [-0.4, -0.2) is 10.8 Å². The lowest BCUT2D eigenvalue weighted by Gasteiger charge is -2.11. The molecule has 1 rings (SSSR count). The number of carbonyl (C=O) groups is 1. The summed E-state index contributed by atoms with van der Waals surface area (Å²) in [5, 5.41) is 0. The highest BCUT2D eigenvalue weighted by molar-refractivity contribution is 5.97. The van der Waals surface area contributed by atoms with E-state index in [1.54, 1.807) is 6.20 Å². The predicted molar refractivity (Wildman–Crippen MR) is 57.4 cm³/mol. The van der Waals surface area contributed by atoms with E-state index in [0.717, 1.165) is 18.4 Å². The summed E-state index contributed by atoms with van der Waals surface area (Å²) in [5.41, 5.74) is 1.62. The lowest BCUT2D eigenvalue weighted by molar-refractivity contribution is 0.0907. The van der Waals surface area contributed by atoms with Crippen molar-refractivity contribution in [1.82, 2.24) is 4.98 Å². The second-order valence-electron chi connectivity index (χ2n) is 3.55. The Morgan fingerprint density at radius 2 is 2.07 bits per heavy atom. The van der Waals surface area contributed by atoms with Crippen LogP contribution in [0.5, 0.6) is 0 Å². The van der Waals surface area contributed by atoms with E-state index in [1.165, 1.54) is 0 Å². The van der Waals surface area contributed by atoms with Crippen LogP contribution in [-0.2, 0) is 0 Å². The number of aromatic nitrogens is 1. The van der Waals surface area contributed by atoms with Crippen molar-refractivity contribution >= 4 is 5.78 Å². The third kappa shape index (κ3) is 2.19. The van der Waals surface area contributed by atoms with Gasteiger partial charge in [-0.1, -0.05) is 19.9 Å². The van der Waals surface area contributed by atoms with E-state index in [4.69, 9.17) is 0 Å². The molecule has 0 unspecified atom stereocenters. The van der Waals surface area contributed by atoms with Gasteiger partial charge in [-0.2, -0.15) is 0 Å². The summed E-state index contributed by atoms with van der Waals surface area (Å²) in [6.07, 6.45) is 3.47. The first kappa shape index (κ1) is 10.9. The van der Waals surface area contributed by atoms with Gasteiger partial charge in [0.25, 0.3) is 0 Å². The van der Waals surface area contributed by atoms with E-state index in [0.29, 0.717) is 5.69 Å². The average Bonchev–Trinajstić information content (AvgIpc) is 2.20. The maximum atomic E-state index is 12.0. The second-order valence-corrected chi connectivity index (χ2v) is 3.55. The van der Waals surface area contributed by atoms with Crippen molar-refractivity contribution in [3.05, 3.63) is 29.6 Å². The summed E-state index contributed by atoms with van der Waals surface area (Å²) in [6, 6.07) is 3.79. The number of aryl methyl sites for hydroxylation is 1. The van der Waals surface area contributed by atoms with E-state index < -0.39 is 0 Å². The second kappa shape index (κ2) is 4.89. The Bertz CT molecular complexity index is 316. The van der Waals surface area contributed by atoms with Crippen molar-refractivity contribution in [3.8, 4) is 0 Å². The summed E-state index contributed by atoms with van der Waals surface area (Å²) >= 11 is 0. The van der Waals surface area contributed by atoms with Crippen LogP contribution in [0.25, 0.3) is 0 Å². The Kier molecular flexibility index (Phi) is 3.81. The molecule has 0 saturated heterocycles. The third-order valence-corrected chi connectivity index (χ3v) is 2.60. The normalized spacial score (nSPS) is 10.6. The van der Waals surface area contributed by atoms with E-state index in [2.05, 4.69) is 4.98 Å². The minimum Gasteiger partial charge on any atom is -0.292 e. The molecular formula is C12H17NO. The van der Waals surface area contributed by atoms with Gasteiger partial charge in [0.15, 0.2) is 5.78 Å². The zero-order chi connectivity index (χ0) is 10.6. The highest BCUT2D eigenvalue weighted by atomic mass is 16.1. The van der Waals surface area contributed by atoms with Crippen molar-refractivity contribution in [2.45, 2.75) is 33.6 Å². The van der Waals surface area contributed by atoms with Crippen LogP contribution in [0.1, 0.15) is 42.7 Å². The van der Waals surface area contributed by atoms with Crippen molar-refractivity contribution in [2.24, 2.45) is 5.92 Å². The summed E-state index contributed by atoms with van der Waals surface area (Å²) in [4.78, 5) is 16.1. The number of ketones is 1. The van der Waals surface area contributed by atoms with Crippen LogP contribution < -0.4 is 0 Å². The molecule has 1 heterocycles. The van der Waals surface area contributed by atoms with E-state index >= 15 is 0 Å². The van der Waals surface area contributed by atoms with Crippen LogP contribution in [0.3, 0.4) is 0 Å². The molecule has 1 aromatic rings. The maximum Gasteiger partial charge on any atom is 0.184 e. The largest absolute Gasteiger partial charge is 0.292 e. The van der Waals surface area contributed by atoms with Gasteiger partial charge in [-0.15, -0.1) is 0 Å². The van der Waals surface area contributed by atoms with Crippen LogP contribution in [0.2, 0.25) is 0 Å². The fraction of sp³-hybridized carbons (Fsp3) is 0.500. The number of hydrogen-bond acceptors (Lipinski definition) is 2. The number of Topliss-reactive ketones (excluding diaryl/α,β-unsaturated/α-hetero) is 1. The number of pyridine rings is 1. The smallest absolute Gasteiger partial charge is 0.184 e. The Balaban J connectivity index is 2.94. The predicted octanol–water partition coefficient (Wildman–Crippen LogP) is 3.01. The van der Waals surface area contributed by atoms with Gasteiger partial charge in [-0.05, 0) is 31.4 Å². The van der Waals surface area contributed by atoms with Gasteiger partial charge in [-0.25, -0.2) is 0 Å². The molecule has 14 heavy (non-hydrogen) atoms. The fourth-order valence-corrected chi connectivity index (χ4v) is 1.60. The molecule has 1 aromatic heterocycles. The standard InChI is InChI=1S/C12H17NO/c1-4-10(5-2)12(14)11-9(3)7-6-8-13-11/h6-8,10H,4-5H2,1-3H3. The van der Waals surface area contributed by atoms with Gasteiger partial charge in [0.05, 0.1) is 0 Å². The minimum atomic E-state index is 0.128. The zero-order valence-electron chi connectivity index (χ0n) is 9.08. The number of nitrogens with zero attached hydrogens (tertiary/aromatic N) is 1. The lowest BCUT2D eigenvalue weighted by Crippen LogP contribution is -2.15. The van der Waals surface area contributed by atoms with Crippen LogP contribution in [0, 0.1) is 12.8 Å². The van der Waals surface area contributed by atoms with Gasteiger partial charge >= 0.3 is 0 Å². The molecule has 0 aliphatic rings. The Hall–Kier alpha value is -1.18. The monoisotopic (exact) mass is 191 g/mol. The molecule has 0 radical (unpaired) electrons. The Labute approximate surface area is 85.4 Å². The van der Waals surface area contributed by atoms with Gasteiger partial charge in [-0.3, -0.25) is 9.78 Å². The van der Waals surface area contributed by atoms with Crippen LogP contribution in [0.15, 0.2) is 18.3 Å². The molecule has 0 N–H and O–H groups in total. The molecular weight excluding hydrogens is 174 g/mol. The highest BCUT2D eigenvalue weighted by Gasteiger charge is 2.18. The molecule has 2 nitrogen and oxygen atoms in total. The van der Waals surface area contributed by atoms with Crippen LogP contribution >= 0.6 is 0 Å². The first-order chi connectivity index (χ1) is 6.70. The van der Waals surface area contributed by atoms with E-state index in [1.807, 2.05) is 32.9 Å². The molecule has 0 aliphatic heterocycles. The maximum absolute atomic E-state index is 12.0. The van der Waals surface area contributed by atoms with Gasteiger partial charge in [0, 0.05) is 12.1 Å². The van der Waals surface area contributed by atoms with Crippen molar-refractivity contribution in [3.63, 3.8) is 0 Å². The first-order valence-electron chi connectivity index (χ1n) is 5.16. The SMILES string of the molecule is CCC(CC)C(=O)c1ncccc1C. The quantitative estimate of drug-likeness (QED) is 0.685. The highest BCUT2D eigenvalue weighted by Crippen LogP contribution is 2.16. The van der Waals surface area contributed by atoms with E-state index in [-0.39, 0.29) is 11.7 Å². The summed E-state index contributed by atoms with van der Waals surface area (Å²) < 4.78 is 0. The zero-order valence-corrected chi connectivity index (χ0v) is 9.08. The van der Waals surface area contributed by atoms with Gasteiger partial charge < -0.3 is 0 Å². The Morgan fingerprint density at radius 1 is 1.43 bits per heavy atom. The first-order valence-corrected chi connectivity index (χ1v) is 5.16. The van der Waals surface area contributed by atoms with Crippen molar-refractivity contribution in [1.29, 1.82) is 0 Å². The molecule has 0 bridgehead atoms. The number of rotatable bonds is 4. The average molecular weight is 191 g/mol. The number of carbonyl (C=O) groups excluding carboxylic acids is 1. The summed E-state index contributed by atoms with van der Waals surface area (Å²) in [5.74, 6) is 0.316. The van der Waals surface area contributed by atoms with Crippen molar-refractivity contribution in [2.75, 3.05) is 0 Å². The van der Waals surface area contributed by atoms with E-state index in [9.17, 15) is 4.79 Å². The Morgan fingerprint density at radius 3 is 2.57 bits per heavy atom.